The SMILES string of the molecule is O.O=c1c(O)c(-c2ccccc2)oc2c(O)c(O)c(O)c(O)c12. The van der Waals surface area contributed by atoms with Crippen molar-refractivity contribution in [3.8, 4) is 40.1 Å². The number of phenolic OH excluding ortho intramolecular Hbond substituents is 4. The van der Waals surface area contributed by atoms with Crippen molar-refractivity contribution in [2.75, 3.05) is 0 Å². The molecule has 7 N–H and O–H groups in total. The summed E-state index contributed by atoms with van der Waals surface area (Å²) >= 11 is 0. The lowest BCUT2D eigenvalue weighted by Gasteiger charge is -2.10. The van der Waals surface area contributed by atoms with E-state index < -0.39 is 45.1 Å². The summed E-state index contributed by atoms with van der Waals surface area (Å²) in [6.07, 6.45) is 0. The van der Waals surface area contributed by atoms with E-state index in [0.717, 1.165) is 0 Å². The van der Waals surface area contributed by atoms with Crippen molar-refractivity contribution in [3.05, 3.63) is 40.6 Å². The Bertz CT molecular complexity index is 944. The van der Waals surface area contributed by atoms with Gasteiger partial charge in [-0.15, -0.1) is 0 Å². The fourth-order valence-corrected chi connectivity index (χ4v) is 2.14. The largest absolute Gasteiger partial charge is 0.504 e. The summed E-state index contributed by atoms with van der Waals surface area (Å²) in [6.45, 7) is 0. The minimum absolute atomic E-state index is 0. The molecule has 3 aromatic rings. The molecule has 120 valence electrons. The van der Waals surface area contributed by atoms with Crippen LogP contribution in [-0.2, 0) is 0 Å². The highest BCUT2D eigenvalue weighted by atomic mass is 16.4. The molecule has 0 aliphatic rings. The number of fused-ring (bicyclic) bond motifs is 1. The van der Waals surface area contributed by atoms with Gasteiger partial charge in [0.15, 0.2) is 17.1 Å². The van der Waals surface area contributed by atoms with Gasteiger partial charge in [-0.1, -0.05) is 30.3 Å². The second kappa shape index (κ2) is 5.43. The van der Waals surface area contributed by atoms with Crippen LogP contribution in [0.5, 0.6) is 28.7 Å². The van der Waals surface area contributed by atoms with Gasteiger partial charge in [-0.25, -0.2) is 0 Å². The first-order valence-corrected chi connectivity index (χ1v) is 6.14. The number of rotatable bonds is 1. The molecule has 8 nitrogen and oxygen atoms in total. The molecule has 0 saturated heterocycles. The number of hydrogen-bond acceptors (Lipinski definition) is 7. The molecule has 3 rings (SSSR count). The molecule has 0 unspecified atom stereocenters. The molecular weight excluding hydrogens is 308 g/mol. The van der Waals surface area contributed by atoms with Crippen LogP contribution in [-0.4, -0.2) is 31.0 Å². The van der Waals surface area contributed by atoms with Crippen LogP contribution in [0.3, 0.4) is 0 Å². The number of aromatic hydroxyl groups is 5. The van der Waals surface area contributed by atoms with Gasteiger partial charge in [-0.2, -0.15) is 0 Å². The van der Waals surface area contributed by atoms with Crippen molar-refractivity contribution in [2.24, 2.45) is 0 Å². The fourth-order valence-electron chi connectivity index (χ4n) is 2.14. The highest BCUT2D eigenvalue weighted by Crippen LogP contribution is 2.49. The smallest absolute Gasteiger partial charge is 0.239 e. The molecule has 0 amide bonds. The second-order valence-electron chi connectivity index (χ2n) is 4.57. The molecule has 2 aromatic carbocycles. The maximum absolute atomic E-state index is 12.2. The lowest BCUT2D eigenvalue weighted by molar-refractivity contribution is 0.345. The first-order chi connectivity index (χ1) is 10.4. The van der Waals surface area contributed by atoms with Crippen LogP contribution in [0.4, 0.5) is 0 Å². The van der Waals surface area contributed by atoms with Crippen molar-refractivity contribution in [2.45, 2.75) is 0 Å². The van der Waals surface area contributed by atoms with Crippen LogP contribution >= 0.6 is 0 Å². The van der Waals surface area contributed by atoms with E-state index in [0.29, 0.717) is 5.56 Å². The molecular formula is C15H12O8. The van der Waals surface area contributed by atoms with E-state index in [9.17, 15) is 30.3 Å². The zero-order valence-electron chi connectivity index (χ0n) is 11.4. The third kappa shape index (κ3) is 2.17. The second-order valence-corrected chi connectivity index (χ2v) is 4.57. The molecule has 23 heavy (non-hydrogen) atoms. The minimum atomic E-state index is -1.08. The monoisotopic (exact) mass is 320 g/mol. The van der Waals surface area contributed by atoms with Gasteiger partial charge in [0.25, 0.3) is 0 Å². The molecule has 0 fully saturated rings. The first kappa shape index (κ1) is 16.0. The van der Waals surface area contributed by atoms with Gasteiger partial charge >= 0.3 is 0 Å². The predicted molar refractivity (Wildman–Crippen MR) is 79.9 cm³/mol. The van der Waals surface area contributed by atoms with E-state index >= 15 is 0 Å². The Morgan fingerprint density at radius 2 is 1.30 bits per heavy atom. The van der Waals surface area contributed by atoms with Crippen molar-refractivity contribution >= 4 is 11.0 Å². The Labute approximate surface area is 128 Å². The van der Waals surface area contributed by atoms with Crippen LogP contribution in [0.2, 0.25) is 0 Å². The normalized spacial score (nSPS) is 10.4. The summed E-state index contributed by atoms with van der Waals surface area (Å²) in [7, 11) is 0. The van der Waals surface area contributed by atoms with Crippen molar-refractivity contribution in [1.29, 1.82) is 0 Å². The molecule has 0 aliphatic carbocycles. The fraction of sp³-hybridized carbons (Fsp3) is 0. The quantitative estimate of drug-likeness (QED) is 0.332. The Kier molecular flexibility index (Phi) is 3.77. The van der Waals surface area contributed by atoms with Crippen LogP contribution in [0.15, 0.2) is 39.5 Å². The van der Waals surface area contributed by atoms with Crippen LogP contribution in [0.25, 0.3) is 22.3 Å². The standard InChI is InChI=1S/C15H10O7.H2O/c16-8-7-9(17)12(20)14(6-4-2-1-3-5-6)22-15(7)13(21)11(19)10(8)18;/h1-5,16,18-21H;1H2. The Hall–Kier alpha value is -3.39. The third-order valence-corrected chi connectivity index (χ3v) is 3.25. The zero-order chi connectivity index (χ0) is 16.0. The van der Waals surface area contributed by atoms with Gasteiger partial charge in [0.1, 0.15) is 5.39 Å². The maximum Gasteiger partial charge on any atom is 0.239 e. The molecule has 1 heterocycles. The highest BCUT2D eigenvalue weighted by molar-refractivity contribution is 5.95. The maximum atomic E-state index is 12.2. The topological polar surface area (TPSA) is 163 Å². The molecule has 0 bridgehead atoms. The van der Waals surface area contributed by atoms with Crippen LogP contribution < -0.4 is 5.43 Å². The minimum Gasteiger partial charge on any atom is -0.504 e. The van der Waals surface area contributed by atoms with Gasteiger partial charge in [-0.3, -0.25) is 4.79 Å². The summed E-state index contributed by atoms with van der Waals surface area (Å²) in [5.41, 5.74) is -1.25. The van der Waals surface area contributed by atoms with E-state index in [4.69, 9.17) is 4.42 Å². The molecule has 0 radical (unpaired) electrons. The van der Waals surface area contributed by atoms with Crippen molar-refractivity contribution in [3.63, 3.8) is 0 Å². The lowest BCUT2D eigenvalue weighted by Crippen LogP contribution is -2.03. The summed E-state index contributed by atoms with van der Waals surface area (Å²) in [4.78, 5) is 12.2. The number of benzene rings is 2. The van der Waals surface area contributed by atoms with E-state index in [-0.39, 0.29) is 11.2 Å². The van der Waals surface area contributed by atoms with Crippen LogP contribution in [0, 0.1) is 0 Å². The Morgan fingerprint density at radius 3 is 1.91 bits per heavy atom. The summed E-state index contributed by atoms with van der Waals surface area (Å²) in [6, 6.07) is 8.12. The molecule has 0 saturated carbocycles. The number of hydrogen-bond donors (Lipinski definition) is 5. The van der Waals surface area contributed by atoms with E-state index in [1.165, 1.54) is 0 Å². The Balaban J connectivity index is 0.00000192. The molecule has 0 atom stereocenters. The van der Waals surface area contributed by atoms with E-state index in [1.54, 1.807) is 30.3 Å². The third-order valence-electron chi connectivity index (χ3n) is 3.25. The average Bonchev–Trinajstić information content (AvgIpc) is 2.54. The zero-order valence-corrected chi connectivity index (χ0v) is 11.4. The summed E-state index contributed by atoms with van der Waals surface area (Å²) in [5, 5.41) is 47.9. The van der Waals surface area contributed by atoms with E-state index in [2.05, 4.69) is 0 Å². The van der Waals surface area contributed by atoms with Crippen molar-refractivity contribution < 1.29 is 35.4 Å². The van der Waals surface area contributed by atoms with Gasteiger partial charge in [0.05, 0.1) is 0 Å². The van der Waals surface area contributed by atoms with Gasteiger partial charge in [0, 0.05) is 5.56 Å². The van der Waals surface area contributed by atoms with E-state index in [1.807, 2.05) is 0 Å². The van der Waals surface area contributed by atoms with Crippen molar-refractivity contribution in [1.82, 2.24) is 0 Å². The summed E-state index contributed by atoms with van der Waals surface area (Å²) < 4.78 is 5.28. The van der Waals surface area contributed by atoms with Gasteiger partial charge in [0.2, 0.25) is 28.4 Å². The first-order valence-electron chi connectivity index (χ1n) is 6.14. The molecule has 0 spiro atoms. The molecule has 1 aromatic heterocycles. The van der Waals surface area contributed by atoms with Crippen LogP contribution in [0.1, 0.15) is 0 Å². The lowest BCUT2D eigenvalue weighted by atomic mass is 10.1. The summed E-state index contributed by atoms with van der Waals surface area (Å²) in [5.74, 6) is -5.05. The molecule has 0 aliphatic heterocycles. The van der Waals surface area contributed by atoms with Gasteiger partial charge in [-0.05, 0) is 0 Å². The number of phenols is 4. The highest BCUT2D eigenvalue weighted by Gasteiger charge is 2.26. The molecule has 8 heteroatoms. The predicted octanol–water partition coefficient (Wildman–Crippen LogP) is 1.16. The van der Waals surface area contributed by atoms with Gasteiger partial charge < -0.3 is 35.4 Å². The Morgan fingerprint density at radius 1 is 0.739 bits per heavy atom. The average molecular weight is 320 g/mol.